The van der Waals surface area contributed by atoms with Gasteiger partial charge in [-0.2, -0.15) is 5.10 Å². The molecule has 32 heavy (non-hydrogen) atoms. The van der Waals surface area contributed by atoms with Crippen LogP contribution in [0, 0.1) is 13.8 Å². The van der Waals surface area contributed by atoms with E-state index in [1.807, 2.05) is 42.1 Å². The summed E-state index contributed by atoms with van der Waals surface area (Å²) in [7, 11) is 1.99. The predicted molar refractivity (Wildman–Crippen MR) is 131 cm³/mol. The number of guanidine groups is 1. The third kappa shape index (κ3) is 6.61. The van der Waals surface area contributed by atoms with Gasteiger partial charge in [0.2, 0.25) is 0 Å². The van der Waals surface area contributed by atoms with E-state index >= 15 is 0 Å². The van der Waals surface area contributed by atoms with Crippen molar-refractivity contribution in [2.24, 2.45) is 12.0 Å². The SMILES string of the molecule is CCNC(=NCc1ccc(COc2ccccc2)cc1)NC(C)Cc1c(C)nn(C)c1C. The van der Waals surface area contributed by atoms with Crippen molar-refractivity contribution in [2.45, 2.75) is 53.3 Å². The summed E-state index contributed by atoms with van der Waals surface area (Å²) in [6.07, 6.45) is 0.909. The van der Waals surface area contributed by atoms with Gasteiger partial charge in [-0.3, -0.25) is 4.68 Å². The predicted octanol–water partition coefficient (Wildman–Crippen LogP) is 4.30. The Morgan fingerprint density at radius 1 is 1.06 bits per heavy atom. The number of para-hydroxylation sites is 1. The molecule has 0 radical (unpaired) electrons. The van der Waals surface area contributed by atoms with Crippen LogP contribution >= 0.6 is 0 Å². The second-order valence-corrected chi connectivity index (χ2v) is 8.14. The Morgan fingerprint density at radius 2 is 1.75 bits per heavy atom. The Labute approximate surface area is 191 Å². The van der Waals surface area contributed by atoms with Gasteiger partial charge in [0.25, 0.3) is 0 Å². The monoisotopic (exact) mass is 433 g/mol. The summed E-state index contributed by atoms with van der Waals surface area (Å²) in [6.45, 7) is 10.5. The second kappa shape index (κ2) is 11.4. The zero-order valence-corrected chi connectivity index (χ0v) is 19.9. The zero-order chi connectivity index (χ0) is 22.9. The Balaban J connectivity index is 1.55. The van der Waals surface area contributed by atoms with Gasteiger partial charge in [-0.25, -0.2) is 4.99 Å². The van der Waals surface area contributed by atoms with Crippen LogP contribution in [-0.2, 0) is 26.6 Å². The number of benzene rings is 2. The number of aromatic nitrogens is 2. The highest BCUT2D eigenvalue weighted by Gasteiger charge is 2.14. The van der Waals surface area contributed by atoms with Crippen LogP contribution in [0.2, 0.25) is 0 Å². The van der Waals surface area contributed by atoms with Crippen LogP contribution in [0.5, 0.6) is 5.75 Å². The van der Waals surface area contributed by atoms with Crippen LogP contribution in [0.3, 0.4) is 0 Å². The summed E-state index contributed by atoms with van der Waals surface area (Å²) in [5.41, 5.74) is 5.92. The van der Waals surface area contributed by atoms with Crippen LogP contribution in [0.15, 0.2) is 59.6 Å². The van der Waals surface area contributed by atoms with Crippen molar-refractivity contribution in [2.75, 3.05) is 6.54 Å². The average molecular weight is 434 g/mol. The number of ether oxygens (including phenoxy) is 1. The van der Waals surface area contributed by atoms with Crippen LogP contribution in [0.25, 0.3) is 0 Å². The fraction of sp³-hybridized carbons (Fsp3) is 0.385. The maximum Gasteiger partial charge on any atom is 0.191 e. The molecular weight excluding hydrogens is 398 g/mol. The summed E-state index contributed by atoms with van der Waals surface area (Å²) in [6, 6.07) is 18.6. The molecule has 0 bridgehead atoms. The maximum absolute atomic E-state index is 5.82. The quantitative estimate of drug-likeness (QED) is 0.390. The number of aliphatic imine (C=N–C) groups is 1. The van der Waals surface area contributed by atoms with Gasteiger partial charge in [-0.05, 0) is 62.9 Å². The van der Waals surface area contributed by atoms with Crippen molar-refractivity contribution >= 4 is 5.96 Å². The summed E-state index contributed by atoms with van der Waals surface area (Å²) in [5, 5.41) is 11.4. The largest absolute Gasteiger partial charge is 0.489 e. The van der Waals surface area contributed by atoms with Gasteiger partial charge in [0, 0.05) is 25.3 Å². The van der Waals surface area contributed by atoms with Crippen LogP contribution in [0.4, 0.5) is 0 Å². The average Bonchev–Trinajstić information content (AvgIpc) is 3.03. The number of nitrogens with zero attached hydrogens (tertiary/aromatic N) is 3. The number of rotatable bonds is 9. The lowest BCUT2D eigenvalue weighted by molar-refractivity contribution is 0.306. The first kappa shape index (κ1) is 23.4. The van der Waals surface area contributed by atoms with Gasteiger partial charge in [-0.1, -0.05) is 42.5 Å². The third-order valence-corrected chi connectivity index (χ3v) is 5.49. The number of hydrogen-bond acceptors (Lipinski definition) is 3. The standard InChI is InChI=1S/C26H35N5O/c1-6-27-26(29-19(2)16-25-20(3)30-31(5)21(25)4)28-17-22-12-14-23(15-13-22)18-32-24-10-8-7-9-11-24/h7-15,19H,6,16-18H2,1-5H3,(H2,27,28,29). The normalized spacial score (nSPS) is 12.5. The van der Waals surface area contributed by atoms with E-state index in [4.69, 9.17) is 9.73 Å². The molecule has 0 aliphatic rings. The van der Waals surface area contributed by atoms with Crippen molar-refractivity contribution in [1.29, 1.82) is 0 Å². The first-order valence-corrected chi connectivity index (χ1v) is 11.3. The molecule has 1 unspecified atom stereocenters. The zero-order valence-electron chi connectivity index (χ0n) is 19.9. The van der Waals surface area contributed by atoms with Crippen molar-refractivity contribution in [3.05, 3.63) is 82.7 Å². The molecule has 0 aliphatic carbocycles. The molecule has 6 heteroatoms. The first-order valence-electron chi connectivity index (χ1n) is 11.3. The van der Waals surface area contributed by atoms with Gasteiger partial charge in [0.05, 0.1) is 12.2 Å². The molecule has 1 aromatic heterocycles. The molecule has 1 heterocycles. The van der Waals surface area contributed by atoms with E-state index in [0.29, 0.717) is 13.2 Å². The van der Waals surface area contributed by atoms with Crippen molar-refractivity contribution < 1.29 is 4.74 Å². The van der Waals surface area contributed by atoms with E-state index in [1.54, 1.807) is 0 Å². The number of hydrogen-bond donors (Lipinski definition) is 2. The molecule has 0 fully saturated rings. The van der Waals surface area contributed by atoms with Gasteiger partial charge in [-0.15, -0.1) is 0 Å². The van der Waals surface area contributed by atoms with Gasteiger partial charge >= 0.3 is 0 Å². The van der Waals surface area contributed by atoms with Crippen molar-refractivity contribution in [3.8, 4) is 5.75 Å². The van der Waals surface area contributed by atoms with Crippen LogP contribution in [-0.4, -0.2) is 28.3 Å². The summed E-state index contributed by atoms with van der Waals surface area (Å²) in [4.78, 5) is 4.78. The Hall–Kier alpha value is -3.28. The molecule has 1 atom stereocenters. The molecule has 0 saturated carbocycles. The Kier molecular flexibility index (Phi) is 8.31. The minimum absolute atomic E-state index is 0.243. The van der Waals surface area contributed by atoms with Crippen LogP contribution < -0.4 is 15.4 Å². The molecule has 3 aromatic rings. The number of nitrogens with one attached hydrogen (secondary N) is 2. The fourth-order valence-corrected chi connectivity index (χ4v) is 3.62. The van der Waals surface area contributed by atoms with Crippen molar-refractivity contribution in [1.82, 2.24) is 20.4 Å². The smallest absolute Gasteiger partial charge is 0.191 e. The molecule has 2 aromatic carbocycles. The highest BCUT2D eigenvalue weighted by atomic mass is 16.5. The number of aryl methyl sites for hydroxylation is 2. The molecule has 0 saturated heterocycles. The summed E-state index contributed by atoms with van der Waals surface area (Å²) >= 11 is 0. The third-order valence-electron chi connectivity index (χ3n) is 5.49. The molecule has 3 rings (SSSR count). The molecule has 170 valence electrons. The topological polar surface area (TPSA) is 63.5 Å². The highest BCUT2D eigenvalue weighted by molar-refractivity contribution is 5.80. The molecule has 6 nitrogen and oxygen atoms in total. The summed E-state index contributed by atoms with van der Waals surface area (Å²) < 4.78 is 7.77. The Morgan fingerprint density at radius 3 is 2.38 bits per heavy atom. The van der Waals surface area contributed by atoms with E-state index in [9.17, 15) is 0 Å². The lowest BCUT2D eigenvalue weighted by Crippen LogP contribution is -2.43. The Bertz CT molecular complexity index is 1010. The van der Waals surface area contributed by atoms with E-state index in [0.717, 1.165) is 41.5 Å². The molecule has 0 spiro atoms. The molecule has 0 aliphatic heterocycles. The van der Waals surface area contributed by atoms with E-state index in [-0.39, 0.29) is 6.04 Å². The second-order valence-electron chi connectivity index (χ2n) is 8.14. The minimum Gasteiger partial charge on any atom is -0.489 e. The lowest BCUT2D eigenvalue weighted by atomic mass is 10.1. The van der Waals surface area contributed by atoms with Gasteiger partial charge < -0.3 is 15.4 Å². The fourth-order valence-electron chi connectivity index (χ4n) is 3.62. The highest BCUT2D eigenvalue weighted by Crippen LogP contribution is 2.15. The van der Waals surface area contributed by atoms with Gasteiger partial charge in [0.1, 0.15) is 12.4 Å². The van der Waals surface area contributed by atoms with E-state index in [1.165, 1.54) is 11.3 Å². The molecule has 0 amide bonds. The molecular formula is C26H35N5O. The van der Waals surface area contributed by atoms with E-state index < -0.39 is 0 Å². The maximum atomic E-state index is 5.82. The minimum atomic E-state index is 0.243. The lowest BCUT2D eigenvalue weighted by Gasteiger charge is -2.18. The van der Waals surface area contributed by atoms with Gasteiger partial charge in [0.15, 0.2) is 5.96 Å². The van der Waals surface area contributed by atoms with Crippen LogP contribution in [0.1, 0.15) is 41.9 Å². The molecule has 2 N–H and O–H groups in total. The van der Waals surface area contributed by atoms with Crippen molar-refractivity contribution in [3.63, 3.8) is 0 Å². The first-order chi connectivity index (χ1) is 15.5. The van der Waals surface area contributed by atoms with E-state index in [2.05, 4.69) is 67.7 Å². The summed E-state index contributed by atoms with van der Waals surface area (Å²) in [5.74, 6) is 1.71.